The summed E-state index contributed by atoms with van der Waals surface area (Å²) in [5, 5.41) is 12.0. The van der Waals surface area contributed by atoms with Crippen LogP contribution in [0.15, 0.2) is 84.9 Å². The molecule has 0 saturated heterocycles. The van der Waals surface area contributed by atoms with Crippen molar-refractivity contribution in [2.75, 3.05) is 14.2 Å². The zero-order chi connectivity index (χ0) is 25.9. The minimum Gasteiger partial charge on any atom is -0.508 e. The maximum Gasteiger partial charge on any atom is 0.397 e. The number of carbonyl (C=O) groups is 1. The quantitative estimate of drug-likeness (QED) is 0.212. The van der Waals surface area contributed by atoms with Crippen LogP contribution >= 0.6 is 11.3 Å². The zero-order valence-corrected chi connectivity index (χ0v) is 21.0. The molecule has 0 atom stereocenters. The summed E-state index contributed by atoms with van der Waals surface area (Å²) >= 11 is 1.72. The minimum atomic E-state index is -4.16. The van der Waals surface area contributed by atoms with E-state index in [4.69, 9.17) is 9.29 Å². The van der Waals surface area contributed by atoms with Crippen LogP contribution in [0.1, 0.15) is 15.9 Å². The lowest BCUT2D eigenvalue weighted by molar-refractivity contribution is 0.103. The fourth-order valence-electron chi connectivity index (χ4n) is 3.83. The molecule has 0 fully saturated rings. The summed E-state index contributed by atoms with van der Waals surface area (Å²) in [6.07, 6.45) is 0. The van der Waals surface area contributed by atoms with Gasteiger partial charge in [0.05, 0.1) is 14.2 Å². The number of phenols is 1. The van der Waals surface area contributed by atoms with Crippen molar-refractivity contribution in [1.29, 1.82) is 0 Å². The van der Waals surface area contributed by atoms with Gasteiger partial charge in [0.25, 0.3) is 0 Å². The van der Waals surface area contributed by atoms with E-state index in [1.807, 2.05) is 36.4 Å². The standard InChI is InChI=1S/C26H18O3S.CH4O4S/c1-29-19-12-8-17(9-13-19)26(28)21-14-15-23-25(20-4-2-3-5-22(20)30-23)24(21)16-6-10-18(27)11-7-16;1-5-6(2,3)4/h2-15,27H,1H3;1H3,(H,2,3,4). The summed E-state index contributed by atoms with van der Waals surface area (Å²) in [5.74, 6) is 0.867. The Morgan fingerprint density at radius 2 is 1.47 bits per heavy atom. The Balaban J connectivity index is 0.000000455. The summed E-state index contributed by atoms with van der Waals surface area (Å²) in [6.45, 7) is 0. The van der Waals surface area contributed by atoms with Crippen LogP contribution in [0.5, 0.6) is 11.5 Å². The lowest BCUT2D eigenvalue weighted by atomic mass is 9.90. The molecule has 0 saturated carbocycles. The lowest BCUT2D eigenvalue weighted by Crippen LogP contribution is -2.04. The van der Waals surface area contributed by atoms with E-state index in [1.165, 1.54) is 4.70 Å². The molecule has 5 rings (SSSR count). The van der Waals surface area contributed by atoms with Crippen molar-refractivity contribution in [1.82, 2.24) is 0 Å². The number of rotatable bonds is 5. The number of ketones is 1. The van der Waals surface area contributed by atoms with Crippen LogP contribution in [0.4, 0.5) is 0 Å². The number of hydrogen-bond acceptors (Lipinski definition) is 7. The fourth-order valence-corrected chi connectivity index (χ4v) is 4.95. The average molecular weight is 523 g/mol. The molecule has 0 radical (unpaired) electrons. The normalized spacial score (nSPS) is 11.2. The molecular formula is C27H22O7S2. The highest BCUT2D eigenvalue weighted by Gasteiger charge is 2.20. The highest BCUT2D eigenvalue weighted by Crippen LogP contribution is 2.42. The Morgan fingerprint density at radius 3 is 2.08 bits per heavy atom. The van der Waals surface area contributed by atoms with E-state index in [1.54, 1.807) is 54.8 Å². The van der Waals surface area contributed by atoms with Crippen LogP contribution in [0, 0.1) is 0 Å². The smallest absolute Gasteiger partial charge is 0.397 e. The summed E-state index contributed by atoms with van der Waals surface area (Å²) < 4.78 is 37.2. The van der Waals surface area contributed by atoms with Crippen molar-refractivity contribution in [3.05, 3.63) is 96.1 Å². The van der Waals surface area contributed by atoms with E-state index in [0.717, 1.165) is 33.7 Å². The van der Waals surface area contributed by atoms with E-state index >= 15 is 0 Å². The second-order valence-corrected chi connectivity index (χ2v) is 9.93. The molecule has 0 amide bonds. The largest absolute Gasteiger partial charge is 0.508 e. The number of phenolic OH excluding ortho intramolecular Hbond substituents is 1. The van der Waals surface area contributed by atoms with Gasteiger partial charge in [-0.2, -0.15) is 8.42 Å². The summed E-state index contributed by atoms with van der Waals surface area (Å²) in [6, 6.07) is 26.4. The van der Waals surface area contributed by atoms with Crippen molar-refractivity contribution >= 4 is 47.7 Å². The first-order valence-electron chi connectivity index (χ1n) is 10.7. The van der Waals surface area contributed by atoms with Crippen LogP contribution in [0.2, 0.25) is 0 Å². The van der Waals surface area contributed by atoms with E-state index in [2.05, 4.69) is 16.3 Å². The SMILES string of the molecule is COS(=O)(=O)O.COc1ccc(C(=O)c2ccc3sc4ccccc4c3c2-c2ccc(O)cc2)cc1. The lowest BCUT2D eigenvalue weighted by Gasteiger charge is -2.12. The summed E-state index contributed by atoms with van der Waals surface area (Å²) in [5.41, 5.74) is 3.04. The third-order valence-electron chi connectivity index (χ3n) is 5.51. The molecule has 1 aromatic heterocycles. The van der Waals surface area contributed by atoms with Crippen molar-refractivity contribution in [3.8, 4) is 22.6 Å². The van der Waals surface area contributed by atoms with Gasteiger partial charge in [-0.3, -0.25) is 13.5 Å². The monoisotopic (exact) mass is 522 g/mol. The van der Waals surface area contributed by atoms with Crippen LogP contribution < -0.4 is 4.74 Å². The third-order valence-corrected chi connectivity index (χ3v) is 7.06. The van der Waals surface area contributed by atoms with Gasteiger partial charge in [-0.05, 0) is 60.2 Å². The maximum atomic E-state index is 13.5. The highest BCUT2D eigenvalue weighted by molar-refractivity contribution is 7.80. The molecule has 184 valence electrons. The first kappa shape index (κ1) is 25.3. The molecule has 5 aromatic rings. The number of hydrogen-bond donors (Lipinski definition) is 2. The number of benzene rings is 4. The van der Waals surface area contributed by atoms with Crippen molar-refractivity contribution in [2.45, 2.75) is 0 Å². The number of ether oxygens (including phenoxy) is 1. The first-order chi connectivity index (χ1) is 17.2. The van der Waals surface area contributed by atoms with Crippen LogP contribution in [-0.2, 0) is 14.6 Å². The number of carbonyl (C=O) groups excluding carboxylic acids is 1. The molecule has 0 aliphatic heterocycles. The molecule has 0 bridgehead atoms. The first-order valence-corrected chi connectivity index (χ1v) is 12.9. The molecule has 0 aliphatic rings. The molecule has 2 N–H and O–H groups in total. The Morgan fingerprint density at radius 1 is 0.833 bits per heavy atom. The molecule has 4 aromatic carbocycles. The van der Waals surface area contributed by atoms with E-state index in [0.29, 0.717) is 16.9 Å². The average Bonchev–Trinajstić information content (AvgIpc) is 3.27. The molecule has 1 heterocycles. The predicted molar refractivity (Wildman–Crippen MR) is 141 cm³/mol. The van der Waals surface area contributed by atoms with Crippen LogP contribution in [0.25, 0.3) is 31.3 Å². The van der Waals surface area contributed by atoms with E-state index < -0.39 is 10.4 Å². The summed E-state index contributed by atoms with van der Waals surface area (Å²) in [7, 11) is -1.69. The van der Waals surface area contributed by atoms with Gasteiger partial charge in [-0.15, -0.1) is 11.3 Å². The highest BCUT2D eigenvalue weighted by atomic mass is 32.3. The van der Waals surface area contributed by atoms with Gasteiger partial charge in [0.2, 0.25) is 0 Å². The van der Waals surface area contributed by atoms with E-state index in [9.17, 15) is 18.3 Å². The van der Waals surface area contributed by atoms with Crippen molar-refractivity contribution in [3.63, 3.8) is 0 Å². The Kier molecular flexibility index (Phi) is 7.37. The van der Waals surface area contributed by atoms with Gasteiger partial charge in [-0.1, -0.05) is 30.3 Å². The number of thiophene rings is 1. The summed E-state index contributed by atoms with van der Waals surface area (Å²) in [4.78, 5) is 13.5. The molecule has 36 heavy (non-hydrogen) atoms. The topological polar surface area (TPSA) is 110 Å². The number of methoxy groups -OCH3 is 1. The Bertz CT molecular complexity index is 1640. The van der Waals surface area contributed by atoms with Crippen molar-refractivity contribution < 1.29 is 31.8 Å². The molecule has 0 unspecified atom stereocenters. The van der Waals surface area contributed by atoms with Gasteiger partial charge < -0.3 is 9.84 Å². The zero-order valence-electron chi connectivity index (χ0n) is 19.3. The van der Waals surface area contributed by atoms with Crippen molar-refractivity contribution in [2.24, 2.45) is 0 Å². The molecule has 0 aliphatic carbocycles. The second-order valence-electron chi connectivity index (χ2n) is 7.66. The minimum absolute atomic E-state index is 0.0436. The van der Waals surface area contributed by atoms with Gasteiger partial charge in [-0.25, -0.2) is 0 Å². The Hall–Kier alpha value is -3.76. The van der Waals surface area contributed by atoms with Gasteiger partial charge >= 0.3 is 10.4 Å². The van der Waals surface area contributed by atoms with Crippen LogP contribution in [0.3, 0.4) is 0 Å². The van der Waals surface area contributed by atoms with Gasteiger partial charge in [0.1, 0.15) is 11.5 Å². The van der Waals surface area contributed by atoms with Crippen LogP contribution in [-0.4, -0.2) is 38.1 Å². The fraction of sp³-hybridized carbons (Fsp3) is 0.0741. The van der Waals surface area contributed by atoms with Gasteiger partial charge in [0, 0.05) is 36.9 Å². The predicted octanol–water partition coefficient (Wildman–Crippen LogP) is 6.10. The number of fused-ring (bicyclic) bond motifs is 3. The van der Waals surface area contributed by atoms with Gasteiger partial charge in [0.15, 0.2) is 5.78 Å². The Labute approximate surface area is 212 Å². The molecular weight excluding hydrogens is 500 g/mol. The molecule has 7 nitrogen and oxygen atoms in total. The third kappa shape index (κ3) is 5.39. The molecule has 9 heteroatoms. The van der Waals surface area contributed by atoms with E-state index in [-0.39, 0.29) is 11.5 Å². The second kappa shape index (κ2) is 10.5. The number of aromatic hydroxyl groups is 1. The maximum absolute atomic E-state index is 13.5. The molecule has 0 spiro atoms.